The van der Waals surface area contributed by atoms with E-state index in [1.807, 2.05) is 42.5 Å². The number of anilines is 2. The molecule has 1 aliphatic heterocycles. The standard InChI is InChI=1S/C23H21N3O4/c1-14(27)25-20-10-18-17(11-22(28)26-19(18)12-21(20)29-2)15-8-9-23(24-13-15)30-16-6-4-3-5-7-16/h3-10,12-13,17H,11H2,1-2H3,(H,25,27)(H,26,28)/t17-/m1/s1. The molecule has 0 fully saturated rings. The third-order valence-corrected chi connectivity index (χ3v) is 4.85. The van der Waals surface area contributed by atoms with E-state index in [9.17, 15) is 9.59 Å². The number of pyridine rings is 1. The lowest BCUT2D eigenvalue weighted by Crippen LogP contribution is -2.24. The Morgan fingerprint density at radius 2 is 1.97 bits per heavy atom. The lowest BCUT2D eigenvalue weighted by molar-refractivity contribution is -0.117. The Morgan fingerprint density at radius 3 is 2.63 bits per heavy atom. The van der Waals surface area contributed by atoms with Gasteiger partial charge in [0, 0.05) is 43.3 Å². The smallest absolute Gasteiger partial charge is 0.225 e. The molecule has 2 heterocycles. The highest BCUT2D eigenvalue weighted by molar-refractivity contribution is 5.98. The Hall–Kier alpha value is -3.87. The van der Waals surface area contributed by atoms with Gasteiger partial charge >= 0.3 is 0 Å². The molecule has 152 valence electrons. The number of carbonyl (C=O) groups is 2. The van der Waals surface area contributed by atoms with Crippen LogP contribution in [0.2, 0.25) is 0 Å². The average molecular weight is 403 g/mol. The second-order valence-electron chi connectivity index (χ2n) is 6.97. The number of fused-ring (bicyclic) bond motifs is 1. The molecule has 0 saturated heterocycles. The number of para-hydroxylation sites is 1. The molecule has 1 atom stereocenters. The highest BCUT2D eigenvalue weighted by atomic mass is 16.5. The molecule has 3 aromatic rings. The molecule has 7 heteroatoms. The monoisotopic (exact) mass is 403 g/mol. The predicted octanol–water partition coefficient (Wildman–Crippen LogP) is 4.32. The summed E-state index contributed by atoms with van der Waals surface area (Å²) < 4.78 is 11.1. The number of aromatic nitrogens is 1. The largest absolute Gasteiger partial charge is 0.494 e. The van der Waals surface area contributed by atoms with Gasteiger partial charge in [0.05, 0.1) is 12.8 Å². The molecule has 4 rings (SSSR count). The fourth-order valence-corrected chi connectivity index (χ4v) is 3.51. The van der Waals surface area contributed by atoms with E-state index in [-0.39, 0.29) is 24.2 Å². The second-order valence-corrected chi connectivity index (χ2v) is 6.97. The summed E-state index contributed by atoms with van der Waals surface area (Å²) in [5.41, 5.74) is 2.98. The first-order chi connectivity index (χ1) is 14.5. The Balaban J connectivity index is 1.66. The Labute approximate surface area is 174 Å². The van der Waals surface area contributed by atoms with Gasteiger partial charge in [-0.1, -0.05) is 24.3 Å². The van der Waals surface area contributed by atoms with E-state index in [0.717, 1.165) is 11.1 Å². The molecule has 1 aromatic heterocycles. The number of amides is 2. The maximum atomic E-state index is 12.3. The molecule has 30 heavy (non-hydrogen) atoms. The molecule has 0 unspecified atom stereocenters. The molecular formula is C23H21N3O4. The van der Waals surface area contributed by atoms with Gasteiger partial charge in [-0.05, 0) is 29.3 Å². The van der Waals surface area contributed by atoms with Crippen LogP contribution < -0.4 is 20.1 Å². The van der Waals surface area contributed by atoms with Crippen LogP contribution in [0.25, 0.3) is 0 Å². The number of rotatable bonds is 5. The molecule has 0 spiro atoms. The number of hydrogen-bond donors (Lipinski definition) is 2. The fourth-order valence-electron chi connectivity index (χ4n) is 3.51. The summed E-state index contributed by atoms with van der Waals surface area (Å²) in [5.74, 6) is 1.16. The number of carbonyl (C=O) groups excluding carboxylic acids is 2. The molecule has 0 bridgehead atoms. The average Bonchev–Trinajstić information content (AvgIpc) is 2.74. The van der Waals surface area contributed by atoms with Crippen LogP contribution >= 0.6 is 0 Å². The Kier molecular flexibility index (Phi) is 5.34. The molecule has 1 aliphatic rings. The minimum absolute atomic E-state index is 0.0913. The van der Waals surface area contributed by atoms with Gasteiger partial charge in [0.2, 0.25) is 17.7 Å². The van der Waals surface area contributed by atoms with E-state index in [0.29, 0.717) is 28.8 Å². The van der Waals surface area contributed by atoms with Gasteiger partial charge in [0.25, 0.3) is 0 Å². The molecule has 0 radical (unpaired) electrons. The minimum atomic E-state index is -0.203. The number of ether oxygens (including phenoxy) is 2. The van der Waals surface area contributed by atoms with Crippen molar-refractivity contribution in [2.45, 2.75) is 19.3 Å². The lowest BCUT2D eigenvalue weighted by atomic mass is 9.85. The number of nitrogens with zero attached hydrogens (tertiary/aromatic N) is 1. The van der Waals surface area contributed by atoms with Crippen molar-refractivity contribution in [2.24, 2.45) is 0 Å². The zero-order chi connectivity index (χ0) is 21.1. The van der Waals surface area contributed by atoms with Gasteiger partial charge in [-0.2, -0.15) is 0 Å². The van der Waals surface area contributed by atoms with Crippen LogP contribution in [0.5, 0.6) is 17.4 Å². The normalized spacial score (nSPS) is 15.0. The Bertz CT molecular complexity index is 1080. The van der Waals surface area contributed by atoms with Crippen LogP contribution in [0.1, 0.15) is 30.4 Å². The number of methoxy groups -OCH3 is 1. The summed E-state index contributed by atoms with van der Waals surface area (Å²) in [6.07, 6.45) is 1.99. The van der Waals surface area contributed by atoms with Crippen molar-refractivity contribution < 1.29 is 19.1 Å². The van der Waals surface area contributed by atoms with E-state index in [2.05, 4.69) is 15.6 Å². The van der Waals surface area contributed by atoms with Crippen LogP contribution in [-0.2, 0) is 9.59 Å². The maximum absolute atomic E-state index is 12.3. The van der Waals surface area contributed by atoms with Crippen LogP contribution in [-0.4, -0.2) is 23.9 Å². The number of hydrogen-bond acceptors (Lipinski definition) is 5. The highest BCUT2D eigenvalue weighted by Crippen LogP contribution is 2.42. The predicted molar refractivity (Wildman–Crippen MR) is 113 cm³/mol. The van der Waals surface area contributed by atoms with Gasteiger partial charge in [-0.3, -0.25) is 9.59 Å². The van der Waals surface area contributed by atoms with Gasteiger partial charge in [0.15, 0.2) is 0 Å². The second kappa shape index (κ2) is 8.24. The van der Waals surface area contributed by atoms with Gasteiger partial charge in [0.1, 0.15) is 11.5 Å². The van der Waals surface area contributed by atoms with Crippen molar-refractivity contribution in [1.82, 2.24) is 4.98 Å². The summed E-state index contributed by atoms with van der Waals surface area (Å²) in [5, 5.41) is 5.66. The Morgan fingerprint density at radius 1 is 1.17 bits per heavy atom. The lowest BCUT2D eigenvalue weighted by Gasteiger charge is -2.27. The first-order valence-electron chi connectivity index (χ1n) is 9.51. The zero-order valence-electron chi connectivity index (χ0n) is 16.6. The first-order valence-corrected chi connectivity index (χ1v) is 9.51. The van der Waals surface area contributed by atoms with E-state index in [1.165, 1.54) is 14.0 Å². The van der Waals surface area contributed by atoms with Crippen LogP contribution in [0, 0.1) is 0 Å². The summed E-state index contributed by atoms with van der Waals surface area (Å²) >= 11 is 0. The van der Waals surface area contributed by atoms with Crippen molar-refractivity contribution in [2.75, 3.05) is 17.7 Å². The highest BCUT2D eigenvalue weighted by Gasteiger charge is 2.28. The zero-order valence-corrected chi connectivity index (χ0v) is 16.6. The molecular weight excluding hydrogens is 382 g/mol. The van der Waals surface area contributed by atoms with Crippen molar-refractivity contribution in [3.8, 4) is 17.4 Å². The van der Waals surface area contributed by atoms with E-state index < -0.39 is 0 Å². The quantitative estimate of drug-likeness (QED) is 0.662. The summed E-state index contributed by atoms with van der Waals surface area (Å²) in [4.78, 5) is 28.3. The van der Waals surface area contributed by atoms with Crippen molar-refractivity contribution in [1.29, 1.82) is 0 Å². The molecule has 2 N–H and O–H groups in total. The summed E-state index contributed by atoms with van der Waals surface area (Å²) in [6.45, 7) is 1.44. The summed E-state index contributed by atoms with van der Waals surface area (Å²) in [7, 11) is 1.52. The SMILES string of the molecule is COc1cc2c(cc1NC(C)=O)[C@@H](c1ccc(Oc3ccccc3)nc1)CC(=O)N2. The minimum Gasteiger partial charge on any atom is -0.494 e. The van der Waals surface area contributed by atoms with Crippen molar-refractivity contribution in [3.05, 3.63) is 71.9 Å². The third kappa shape index (κ3) is 4.10. The molecule has 7 nitrogen and oxygen atoms in total. The topological polar surface area (TPSA) is 89.6 Å². The maximum Gasteiger partial charge on any atom is 0.225 e. The summed E-state index contributed by atoms with van der Waals surface area (Å²) in [6, 6.07) is 16.7. The van der Waals surface area contributed by atoms with Crippen molar-refractivity contribution >= 4 is 23.2 Å². The van der Waals surface area contributed by atoms with E-state index in [1.54, 1.807) is 18.3 Å². The van der Waals surface area contributed by atoms with Gasteiger partial charge in [-0.15, -0.1) is 0 Å². The third-order valence-electron chi connectivity index (χ3n) is 4.85. The van der Waals surface area contributed by atoms with Crippen molar-refractivity contribution in [3.63, 3.8) is 0 Å². The van der Waals surface area contributed by atoms with Gasteiger partial charge < -0.3 is 20.1 Å². The molecule has 0 saturated carbocycles. The fraction of sp³-hybridized carbons (Fsp3) is 0.174. The van der Waals surface area contributed by atoms with Crippen LogP contribution in [0.4, 0.5) is 11.4 Å². The van der Waals surface area contributed by atoms with E-state index in [4.69, 9.17) is 9.47 Å². The van der Waals surface area contributed by atoms with Gasteiger partial charge in [-0.25, -0.2) is 4.98 Å². The number of benzene rings is 2. The molecule has 2 amide bonds. The number of nitrogens with one attached hydrogen (secondary N) is 2. The first kappa shape index (κ1) is 19.4. The van der Waals surface area contributed by atoms with Crippen LogP contribution in [0.15, 0.2) is 60.8 Å². The molecule has 2 aromatic carbocycles. The van der Waals surface area contributed by atoms with E-state index >= 15 is 0 Å². The molecule has 0 aliphatic carbocycles. The van der Waals surface area contributed by atoms with Crippen LogP contribution in [0.3, 0.4) is 0 Å².